The van der Waals surface area contributed by atoms with Crippen LogP contribution in [-0.2, 0) is 15.9 Å². The van der Waals surface area contributed by atoms with Gasteiger partial charge < -0.3 is 24.7 Å². The summed E-state index contributed by atoms with van der Waals surface area (Å²) < 4.78 is 11.8. The maximum Gasteiger partial charge on any atom is 0.193 e. The van der Waals surface area contributed by atoms with E-state index in [0.29, 0.717) is 0 Å². The predicted molar refractivity (Wildman–Crippen MR) is 108 cm³/mol. The number of benzene rings is 1. The fraction of sp³-hybridized carbons (Fsp3) is 0.571. The van der Waals surface area contributed by atoms with Gasteiger partial charge >= 0.3 is 0 Å². The van der Waals surface area contributed by atoms with Crippen LogP contribution in [0, 0.1) is 6.92 Å². The van der Waals surface area contributed by atoms with Gasteiger partial charge in [0.15, 0.2) is 5.96 Å². The summed E-state index contributed by atoms with van der Waals surface area (Å²) in [6.07, 6.45) is 5.71. The number of ether oxygens (including phenoxy) is 2. The molecule has 2 saturated heterocycles. The van der Waals surface area contributed by atoms with Crippen LogP contribution in [0.1, 0.15) is 24.0 Å². The number of guanidine groups is 1. The van der Waals surface area contributed by atoms with Gasteiger partial charge in [-0.15, -0.1) is 0 Å². The predicted octanol–water partition coefficient (Wildman–Crippen LogP) is 2.47. The van der Waals surface area contributed by atoms with Crippen LogP contribution < -0.4 is 5.32 Å². The van der Waals surface area contributed by atoms with E-state index in [0.717, 1.165) is 58.1 Å². The number of aromatic amines is 1. The number of nitrogens with one attached hydrogen (secondary N) is 2. The Morgan fingerprint density at radius 2 is 2.19 bits per heavy atom. The minimum absolute atomic E-state index is 0.150. The summed E-state index contributed by atoms with van der Waals surface area (Å²) in [4.78, 5) is 10.2. The lowest BCUT2D eigenvalue weighted by molar-refractivity contribution is -0.0816. The van der Waals surface area contributed by atoms with Gasteiger partial charge in [-0.25, -0.2) is 0 Å². The van der Waals surface area contributed by atoms with Crippen molar-refractivity contribution >= 4 is 16.9 Å². The Labute approximate surface area is 160 Å². The number of H-pyrrole nitrogens is 1. The summed E-state index contributed by atoms with van der Waals surface area (Å²) in [7, 11) is 1.85. The van der Waals surface area contributed by atoms with Gasteiger partial charge in [0.25, 0.3) is 0 Å². The average molecular weight is 370 g/mol. The molecule has 2 aliphatic rings. The zero-order chi connectivity index (χ0) is 18.6. The van der Waals surface area contributed by atoms with E-state index in [4.69, 9.17) is 9.47 Å². The quantitative estimate of drug-likeness (QED) is 0.641. The van der Waals surface area contributed by atoms with Gasteiger partial charge in [0.2, 0.25) is 0 Å². The summed E-state index contributed by atoms with van der Waals surface area (Å²) in [6, 6.07) is 6.58. The van der Waals surface area contributed by atoms with Crippen LogP contribution in [0.4, 0.5) is 0 Å². The van der Waals surface area contributed by atoms with Crippen LogP contribution in [0.5, 0.6) is 0 Å². The highest BCUT2D eigenvalue weighted by Crippen LogP contribution is 2.21. The summed E-state index contributed by atoms with van der Waals surface area (Å²) in [6.45, 7) is 6.29. The van der Waals surface area contributed by atoms with Gasteiger partial charge in [-0.3, -0.25) is 4.99 Å². The van der Waals surface area contributed by atoms with Crippen LogP contribution in [0.2, 0.25) is 0 Å². The highest BCUT2D eigenvalue weighted by atomic mass is 16.5. The second-order valence-electron chi connectivity index (χ2n) is 7.49. The number of aliphatic imine (C=N–C) groups is 1. The normalized spacial score (nSPS) is 23.9. The third-order valence-corrected chi connectivity index (χ3v) is 5.58. The van der Waals surface area contributed by atoms with Gasteiger partial charge in [-0.1, -0.05) is 12.1 Å². The molecule has 1 aromatic carbocycles. The van der Waals surface area contributed by atoms with E-state index in [2.05, 4.69) is 51.5 Å². The molecule has 146 valence electrons. The Balaban J connectivity index is 1.33. The van der Waals surface area contributed by atoms with E-state index in [1.54, 1.807) is 0 Å². The zero-order valence-electron chi connectivity index (χ0n) is 16.3. The van der Waals surface area contributed by atoms with Crippen molar-refractivity contribution in [3.63, 3.8) is 0 Å². The molecule has 6 heteroatoms. The van der Waals surface area contributed by atoms with Crippen molar-refractivity contribution in [3.05, 3.63) is 35.5 Å². The second kappa shape index (κ2) is 8.31. The van der Waals surface area contributed by atoms with Crippen molar-refractivity contribution in [1.29, 1.82) is 0 Å². The lowest BCUT2D eigenvalue weighted by Crippen LogP contribution is -2.53. The number of hydrogen-bond acceptors (Lipinski definition) is 3. The molecule has 2 fully saturated rings. The number of morpholine rings is 1. The number of nitrogens with zero attached hydrogens (tertiary/aromatic N) is 2. The monoisotopic (exact) mass is 370 g/mol. The van der Waals surface area contributed by atoms with E-state index < -0.39 is 0 Å². The van der Waals surface area contributed by atoms with E-state index in [1.807, 2.05) is 7.05 Å². The maximum atomic E-state index is 5.95. The molecule has 4 rings (SSSR count). The molecule has 6 nitrogen and oxygen atoms in total. The molecule has 2 aliphatic heterocycles. The molecule has 27 heavy (non-hydrogen) atoms. The van der Waals surface area contributed by atoms with Gasteiger partial charge in [0.05, 0.1) is 12.7 Å². The van der Waals surface area contributed by atoms with Gasteiger partial charge in [-0.2, -0.15) is 0 Å². The van der Waals surface area contributed by atoms with E-state index in [9.17, 15) is 0 Å². The number of aryl methyl sites for hydroxylation is 1. The van der Waals surface area contributed by atoms with Crippen LogP contribution in [0.3, 0.4) is 0 Å². The molecule has 3 heterocycles. The SMILES string of the molecule is CN=C(NCCc1c[nH]c2cc(C)ccc12)N1CCOC(C2CCCO2)C1. The first-order valence-electron chi connectivity index (χ1n) is 10.00. The maximum absolute atomic E-state index is 5.95. The van der Waals surface area contributed by atoms with Crippen LogP contribution in [0.25, 0.3) is 10.9 Å². The molecule has 0 saturated carbocycles. The van der Waals surface area contributed by atoms with Crippen molar-refractivity contribution in [2.24, 2.45) is 4.99 Å². The van der Waals surface area contributed by atoms with E-state index in [-0.39, 0.29) is 12.2 Å². The number of aromatic nitrogens is 1. The Morgan fingerprint density at radius 1 is 1.30 bits per heavy atom. The Morgan fingerprint density at radius 3 is 3.00 bits per heavy atom. The van der Waals surface area contributed by atoms with E-state index in [1.165, 1.54) is 22.0 Å². The number of hydrogen-bond donors (Lipinski definition) is 2. The molecule has 0 bridgehead atoms. The molecule has 2 unspecified atom stereocenters. The first-order chi connectivity index (χ1) is 13.2. The molecule has 0 radical (unpaired) electrons. The largest absolute Gasteiger partial charge is 0.375 e. The molecule has 2 atom stereocenters. The van der Waals surface area contributed by atoms with E-state index >= 15 is 0 Å². The van der Waals surface area contributed by atoms with Gasteiger partial charge in [0, 0.05) is 50.4 Å². The van der Waals surface area contributed by atoms with Gasteiger partial charge in [-0.05, 0) is 43.4 Å². The lowest BCUT2D eigenvalue weighted by atomic mass is 10.1. The molecule has 1 aromatic heterocycles. The molecule has 0 aliphatic carbocycles. The molecule has 2 aromatic rings. The molecular formula is C21H30N4O2. The van der Waals surface area contributed by atoms with Crippen molar-refractivity contribution in [2.75, 3.05) is 39.9 Å². The molecule has 2 N–H and O–H groups in total. The lowest BCUT2D eigenvalue weighted by Gasteiger charge is -2.37. The first-order valence-corrected chi connectivity index (χ1v) is 10.00. The first kappa shape index (κ1) is 18.3. The van der Waals surface area contributed by atoms with Crippen LogP contribution in [-0.4, -0.2) is 67.9 Å². The smallest absolute Gasteiger partial charge is 0.193 e. The van der Waals surface area contributed by atoms with Crippen molar-refractivity contribution in [1.82, 2.24) is 15.2 Å². The number of rotatable bonds is 4. The van der Waals surface area contributed by atoms with Crippen molar-refractivity contribution in [2.45, 2.75) is 38.4 Å². The highest BCUT2D eigenvalue weighted by molar-refractivity contribution is 5.84. The Bertz CT molecular complexity index is 795. The summed E-state index contributed by atoms with van der Waals surface area (Å²) in [5, 5.41) is 4.84. The van der Waals surface area contributed by atoms with Crippen LogP contribution >= 0.6 is 0 Å². The topological polar surface area (TPSA) is 61.9 Å². The minimum Gasteiger partial charge on any atom is -0.375 e. The standard InChI is InChI=1S/C21H30N4O2/c1-15-5-6-17-16(13-24-18(17)12-15)7-8-23-21(22-2)25-9-11-27-20(14-25)19-4-3-10-26-19/h5-6,12-13,19-20,24H,3-4,7-11,14H2,1-2H3,(H,22,23). The van der Waals surface area contributed by atoms with Crippen molar-refractivity contribution < 1.29 is 9.47 Å². The summed E-state index contributed by atoms with van der Waals surface area (Å²) >= 11 is 0. The summed E-state index contributed by atoms with van der Waals surface area (Å²) in [5.41, 5.74) is 3.83. The van der Waals surface area contributed by atoms with Gasteiger partial charge in [0.1, 0.15) is 6.10 Å². The van der Waals surface area contributed by atoms with Crippen LogP contribution in [0.15, 0.2) is 29.4 Å². The zero-order valence-corrected chi connectivity index (χ0v) is 16.3. The number of fused-ring (bicyclic) bond motifs is 1. The highest BCUT2D eigenvalue weighted by Gasteiger charge is 2.32. The molecular weight excluding hydrogens is 340 g/mol. The summed E-state index contributed by atoms with van der Waals surface area (Å²) in [5.74, 6) is 0.956. The fourth-order valence-corrected chi connectivity index (χ4v) is 4.14. The Kier molecular flexibility index (Phi) is 5.64. The third kappa shape index (κ3) is 4.12. The fourth-order valence-electron chi connectivity index (χ4n) is 4.14. The second-order valence-corrected chi connectivity index (χ2v) is 7.49. The third-order valence-electron chi connectivity index (χ3n) is 5.58. The Hall–Kier alpha value is -2.05. The van der Waals surface area contributed by atoms with Crippen molar-refractivity contribution in [3.8, 4) is 0 Å². The minimum atomic E-state index is 0.150. The molecule has 0 amide bonds. The average Bonchev–Trinajstić information content (AvgIpc) is 3.35. The molecule has 0 spiro atoms.